The normalized spacial score (nSPS) is 14.7. The first-order valence-corrected chi connectivity index (χ1v) is 5.80. The summed E-state index contributed by atoms with van der Waals surface area (Å²) in [6, 6.07) is -0.634. The van der Waals surface area contributed by atoms with Gasteiger partial charge in [-0.25, -0.2) is 9.97 Å². The summed E-state index contributed by atoms with van der Waals surface area (Å²) >= 11 is 0. The third-order valence-corrected chi connectivity index (χ3v) is 2.93. The van der Waals surface area contributed by atoms with Crippen LogP contribution in [-0.4, -0.2) is 60.7 Å². The van der Waals surface area contributed by atoms with Gasteiger partial charge in [0.2, 0.25) is 5.88 Å². The van der Waals surface area contributed by atoms with Crippen molar-refractivity contribution in [2.75, 3.05) is 13.2 Å². The van der Waals surface area contributed by atoms with Crippen LogP contribution in [0, 0.1) is 0 Å². The highest BCUT2D eigenvalue weighted by molar-refractivity contribution is 5.82. The SMILES string of the molecule is OC[C@@H](O)[C@@H](CO)NCc1c[nH]c2c(O)ncnc12. The molecule has 0 bridgehead atoms. The van der Waals surface area contributed by atoms with Crippen LogP contribution in [0.15, 0.2) is 12.5 Å². The highest BCUT2D eigenvalue weighted by Gasteiger charge is 2.18. The lowest BCUT2D eigenvalue weighted by atomic mass is 10.1. The van der Waals surface area contributed by atoms with Crippen LogP contribution in [0.3, 0.4) is 0 Å². The fourth-order valence-electron chi connectivity index (χ4n) is 1.81. The molecule has 6 N–H and O–H groups in total. The van der Waals surface area contributed by atoms with Gasteiger partial charge in [0.05, 0.1) is 30.9 Å². The second-order valence-corrected chi connectivity index (χ2v) is 4.15. The van der Waals surface area contributed by atoms with Crippen LogP contribution in [0.25, 0.3) is 11.0 Å². The number of rotatable bonds is 6. The highest BCUT2D eigenvalue weighted by atomic mass is 16.3. The van der Waals surface area contributed by atoms with Crippen LogP contribution in [-0.2, 0) is 6.54 Å². The summed E-state index contributed by atoms with van der Waals surface area (Å²) in [5, 5.41) is 39.8. The zero-order chi connectivity index (χ0) is 13.8. The fraction of sp³-hybridized carbons (Fsp3) is 0.455. The van der Waals surface area contributed by atoms with Crippen molar-refractivity contribution in [3.8, 4) is 5.88 Å². The second-order valence-electron chi connectivity index (χ2n) is 4.15. The number of hydrogen-bond donors (Lipinski definition) is 6. The maximum atomic E-state index is 9.52. The van der Waals surface area contributed by atoms with E-state index >= 15 is 0 Å². The average Bonchev–Trinajstić information content (AvgIpc) is 2.84. The number of fused-ring (bicyclic) bond motifs is 1. The van der Waals surface area contributed by atoms with E-state index in [0.717, 1.165) is 5.56 Å². The Labute approximate surface area is 108 Å². The molecule has 0 aromatic carbocycles. The first kappa shape index (κ1) is 13.7. The first-order chi connectivity index (χ1) is 9.17. The Balaban J connectivity index is 2.11. The molecular weight excluding hydrogens is 252 g/mol. The zero-order valence-corrected chi connectivity index (χ0v) is 10.1. The number of aromatic hydroxyl groups is 1. The van der Waals surface area contributed by atoms with Crippen LogP contribution < -0.4 is 5.32 Å². The minimum absolute atomic E-state index is 0.134. The summed E-state index contributed by atoms with van der Waals surface area (Å²) < 4.78 is 0. The molecule has 0 saturated carbocycles. The summed E-state index contributed by atoms with van der Waals surface area (Å²) in [7, 11) is 0. The molecule has 0 aliphatic heterocycles. The third-order valence-electron chi connectivity index (χ3n) is 2.93. The van der Waals surface area contributed by atoms with Gasteiger partial charge in [-0.3, -0.25) is 0 Å². The predicted molar refractivity (Wildman–Crippen MR) is 66.4 cm³/mol. The van der Waals surface area contributed by atoms with E-state index in [1.54, 1.807) is 6.20 Å². The Kier molecular flexibility index (Phi) is 4.27. The van der Waals surface area contributed by atoms with Gasteiger partial charge in [0, 0.05) is 18.3 Å². The van der Waals surface area contributed by atoms with Crippen molar-refractivity contribution in [3.63, 3.8) is 0 Å². The smallest absolute Gasteiger partial charge is 0.239 e. The Bertz CT molecular complexity index is 544. The summed E-state index contributed by atoms with van der Waals surface area (Å²) in [5.74, 6) is -0.134. The summed E-state index contributed by atoms with van der Waals surface area (Å²) in [6.45, 7) is -0.419. The van der Waals surface area contributed by atoms with Crippen molar-refractivity contribution in [3.05, 3.63) is 18.1 Å². The van der Waals surface area contributed by atoms with Crippen LogP contribution in [0.4, 0.5) is 0 Å². The fourth-order valence-corrected chi connectivity index (χ4v) is 1.81. The standard InChI is InChI=1S/C11H16N4O4/c16-3-7(8(18)4-17)12-1-6-2-13-10-9(6)14-5-15-11(10)19/h2,5,7-8,12-13,16-18H,1,3-4H2,(H,14,15,19)/t7-,8-/m1/s1. The molecule has 104 valence electrons. The number of aromatic nitrogens is 3. The van der Waals surface area contributed by atoms with Gasteiger partial charge in [-0.15, -0.1) is 0 Å². The molecule has 0 amide bonds. The molecule has 2 rings (SSSR count). The molecule has 8 heteroatoms. The number of aliphatic hydroxyl groups excluding tert-OH is 3. The van der Waals surface area contributed by atoms with Crippen molar-refractivity contribution in [2.45, 2.75) is 18.7 Å². The van der Waals surface area contributed by atoms with Crippen LogP contribution in [0.2, 0.25) is 0 Å². The minimum atomic E-state index is -1.04. The Morgan fingerprint density at radius 2 is 2.05 bits per heavy atom. The topological polar surface area (TPSA) is 135 Å². The van der Waals surface area contributed by atoms with E-state index in [4.69, 9.17) is 10.2 Å². The molecule has 2 aromatic rings. The van der Waals surface area contributed by atoms with Gasteiger partial charge in [-0.1, -0.05) is 0 Å². The van der Waals surface area contributed by atoms with Gasteiger partial charge in [0.1, 0.15) is 11.8 Å². The van der Waals surface area contributed by atoms with Crippen molar-refractivity contribution in [2.24, 2.45) is 0 Å². The van der Waals surface area contributed by atoms with Crippen molar-refractivity contribution >= 4 is 11.0 Å². The molecule has 0 radical (unpaired) electrons. The van der Waals surface area contributed by atoms with E-state index in [0.29, 0.717) is 17.6 Å². The molecule has 2 aromatic heterocycles. The molecule has 0 aliphatic carbocycles. The lowest BCUT2D eigenvalue weighted by molar-refractivity contribution is 0.0411. The van der Waals surface area contributed by atoms with Gasteiger partial charge in [-0.05, 0) is 0 Å². The summed E-state index contributed by atoms with van der Waals surface area (Å²) in [5.41, 5.74) is 1.76. The van der Waals surface area contributed by atoms with Gasteiger partial charge in [0.25, 0.3) is 0 Å². The van der Waals surface area contributed by atoms with E-state index in [9.17, 15) is 10.2 Å². The summed E-state index contributed by atoms with van der Waals surface area (Å²) in [6.07, 6.45) is 1.87. The number of H-pyrrole nitrogens is 1. The molecule has 2 heterocycles. The lowest BCUT2D eigenvalue weighted by Crippen LogP contribution is -2.44. The molecule has 0 unspecified atom stereocenters. The zero-order valence-electron chi connectivity index (χ0n) is 10.1. The quantitative estimate of drug-likeness (QED) is 0.374. The average molecular weight is 268 g/mol. The maximum absolute atomic E-state index is 9.52. The number of aliphatic hydroxyl groups is 3. The van der Waals surface area contributed by atoms with Crippen molar-refractivity contribution in [1.29, 1.82) is 0 Å². The molecule has 8 nitrogen and oxygen atoms in total. The Morgan fingerprint density at radius 1 is 1.26 bits per heavy atom. The van der Waals surface area contributed by atoms with Gasteiger partial charge >= 0.3 is 0 Å². The molecule has 0 fully saturated rings. The first-order valence-electron chi connectivity index (χ1n) is 5.80. The van der Waals surface area contributed by atoms with E-state index in [1.165, 1.54) is 6.33 Å². The number of hydrogen-bond acceptors (Lipinski definition) is 7. The number of aromatic amines is 1. The lowest BCUT2D eigenvalue weighted by Gasteiger charge is -2.20. The molecular formula is C11H16N4O4. The van der Waals surface area contributed by atoms with E-state index in [1.807, 2.05) is 0 Å². The molecule has 19 heavy (non-hydrogen) atoms. The number of nitrogens with zero attached hydrogens (tertiary/aromatic N) is 2. The van der Waals surface area contributed by atoms with Gasteiger partial charge in [-0.2, -0.15) is 0 Å². The van der Waals surface area contributed by atoms with Crippen LogP contribution in [0.1, 0.15) is 5.56 Å². The Hall–Kier alpha value is -1.74. The summed E-state index contributed by atoms with van der Waals surface area (Å²) in [4.78, 5) is 10.6. The van der Waals surface area contributed by atoms with Gasteiger partial charge < -0.3 is 30.7 Å². The van der Waals surface area contributed by atoms with Crippen LogP contribution >= 0.6 is 0 Å². The largest absolute Gasteiger partial charge is 0.492 e. The second kappa shape index (κ2) is 5.93. The molecule has 2 atom stereocenters. The minimum Gasteiger partial charge on any atom is -0.492 e. The van der Waals surface area contributed by atoms with E-state index in [2.05, 4.69) is 20.3 Å². The van der Waals surface area contributed by atoms with Crippen molar-refractivity contribution < 1.29 is 20.4 Å². The van der Waals surface area contributed by atoms with E-state index < -0.39 is 18.8 Å². The molecule has 0 spiro atoms. The van der Waals surface area contributed by atoms with Gasteiger partial charge in [0.15, 0.2) is 0 Å². The molecule has 0 saturated heterocycles. The predicted octanol–water partition coefficient (Wildman–Crippen LogP) is -1.53. The van der Waals surface area contributed by atoms with Crippen molar-refractivity contribution in [1.82, 2.24) is 20.3 Å². The molecule has 0 aliphatic rings. The monoisotopic (exact) mass is 268 g/mol. The number of nitrogens with one attached hydrogen (secondary N) is 2. The third kappa shape index (κ3) is 2.82. The maximum Gasteiger partial charge on any atom is 0.239 e. The highest BCUT2D eigenvalue weighted by Crippen LogP contribution is 2.21. The Morgan fingerprint density at radius 3 is 2.74 bits per heavy atom. The van der Waals surface area contributed by atoms with Crippen LogP contribution in [0.5, 0.6) is 5.88 Å². The van der Waals surface area contributed by atoms with E-state index in [-0.39, 0.29) is 12.5 Å².